The minimum Gasteiger partial charge on any atom is -0.309 e. The first-order chi connectivity index (χ1) is 6.65. The lowest BCUT2D eigenvalue weighted by molar-refractivity contribution is 0.0986. The van der Waals surface area contributed by atoms with Crippen molar-refractivity contribution in [3.63, 3.8) is 0 Å². The molecule has 2 heterocycles. The lowest BCUT2D eigenvalue weighted by Gasteiger charge is -2.48. The van der Waals surface area contributed by atoms with Crippen LogP contribution < -0.4 is 5.32 Å². The minimum atomic E-state index is 0.428. The molecule has 0 saturated carbocycles. The Labute approximate surface area is 85.7 Å². The third-order valence-corrected chi connectivity index (χ3v) is 3.48. The number of nitrogens with zero attached hydrogens (tertiary/aromatic N) is 1. The van der Waals surface area contributed by atoms with E-state index in [9.17, 15) is 0 Å². The van der Waals surface area contributed by atoms with Crippen LogP contribution in [0, 0.1) is 12.3 Å². The van der Waals surface area contributed by atoms with Gasteiger partial charge in [-0.05, 0) is 30.4 Å². The lowest BCUT2D eigenvalue weighted by Crippen LogP contribution is -2.53. The smallest absolute Gasteiger partial charge is 0.0402 e. The molecule has 1 saturated heterocycles. The quantitative estimate of drug-likeness (QED) is 0.775. The molecule has 0 amide bonds. The molecule has 1 fully saturated rings. The second kappa shape index (κ2) is 3.35. The van der Waals surface area contributed by atoms with E-state index in [1.165, 1.54) is 12.0 Å². The molecule has 1 aromatic rings. The van der Waals surface area contributed by atoms with Crippen LogP contribution in [-0.2, 0) is 0 Å². The predicted octanol–water partition coefficient (Wildman–Crippen LogP) is 2.45. The van der Waals surface area contributed by atoms with Gasteiger partial charge in [-0.25, -0.2) is 0 Å². The number of nitrogens with one attached hydrogen (secondary N) is 1. The number of hydrogen-bond acceptors (Lipinski definition) is 2. The van der Waals surface area contributed by atoms with Crippen molar-refractivity contribution in [3.8, 4) is 0 Å². The van der Waals surface area contributed by atoms with Gasteiger partial charge < -0.3 is 5.32 Å². The molecule has 0 radical (unpaired) electrons. The van der Waals surface area contributed by atoms with Crippen molar-refractivity contribution in [2.75, 3.05) is 6.54 Å². The van der Waals surface area contributed by atoms with Gasteiger partial charge in [-0.1, -0.05) is 19.9 Å². The summed E-state index contributed by atoms with van der Waals surface area (Å²) < 4.78 is 0. The van der Waals surface area contributed by atoms with E-state index in [1.54, 1.807) is 0 Å². The van der Waals surface area contributed by atoms with Gasteiger partial charge in [0.15, 0.2) is 0 Å². The van der Waals surface area contributed by atoms with Gasteiger partial charge in [-0.15, -0.1) is 0 Å². The molecule has 14 heavy (non-hydrogen) atoms. The van der Waals surface area contributed by atoms with Crippen LogP contribution in [0.25, 0.3) is 0 Å². The molecular weight excluding hydrogens is 172 g/mol. The normalized spacial score (nSPS) is 31.2. The van der Waals surface area contributed by atoms with E-state index in [0.29, 0.717) is 11.5 Å². The summed E-state index contributed by atoms with van der Waals surface area (Å²) in [5.74, 6) is 0. The highest BCUT2D eigenvalue weighted by atomic mass is 15.0. The maximum absolute atomic E-state index is 4.34. The largest absolute Gasteiger partial charge is 0.309 e. The first-order valence-electron chi connectivity index (χ1n) is 5.31. The van der Waals surface area contributed by atoms with Crippen molar-refractivity contribution in [2.45, 2.75) is 33.2 Å². The molecule has 2 nitrogen and oxygen atoms in total. The summed E-state index contributed by atoms with van der Waals surface area (Å²) in [7, 11) is 0. The van der Waals surface area contributed by atoms with Gasteiger partial charge in [0.1, 0.15) is 0 Å². The highest BCUT2D eigenvalue weighted by Crippen LogP contribution is 2.42. The second-order valence-electron chi connectivity index (χ2n) is 4.55. The molecule has 1 aliphatic heterocycles. The fourth-order valence-corrected chi connectivity index (χ4v) is 2.05. The van der Waals surface area contributed by atoms with Crippen LogP contribution in [-0.4, -0.2) is 11.5 Å². The molecule has 0 aromatic carbocycles. The van der Waals surface area contributed by atoms with Crippen molar-refractivity contribution in [1.29, 1.82) is 0 Å². The second-order valence-corrected chi connectivity index (χ2v) is 4.55. The van der Waals surface area contributed by atoms with Crippen LogP contribution >= 0.6 is 0 Å². The number of rotatable bonds is 2. The summed E-state index contributed by atoms with van der Waals surface area (Å²) in [4.78, 5) is 4.34. The average molecular weight is 190 g/mol. The first kappa shape index (κ1) is 9.66. The van der Waals surface area contributed by atoms with E-state index in [1.807, 2.05) is 13.1 Å². The number of aromatic nitrogens is 1. The zero-order valence-electron chi connectivity index (χ0n) is 9.17. The first-order valence-corrected chi connectivity index (χ1v) is 5.31. The van der Waals surface area contributed by atoms with Crippen molar-refractivity contribution in [1.82, 2.24) is 10.3 Å². The third kappa shape index (κ3) is 1.44. The van der Waals surface area contributed by atoms with Crippen molar-refractivity contribution in [3.05, 3.63) is 29.6 Å². The molecule has 2 atom stereocenters. The Hall–Kier alpha value is -0.890. The van der Waals surface area contributed by atoms with E-state index in [-0.39, 0.29) is 0 Å². The van der Waals surface area contributed by atoms with Gasteiger partial charge >= 0.3 is 0 Å². The van der Waals surface area contributed by atoms with Gasteiger partial charge in [-0.3, -0.25) is 4.98 Å². The van der Waals surface area contributed by atoms with E-state index >= 15 is 0 Å². The highest BCUT2D eigenvalue weighted by molar-refractivity contribution is 5.23. The molecule has 2 rings (SSSR count). The van der Waals surface area contributed by atoms with Gasteiger partial charge in [0.2, 0.25) is 0 Å². The topological polar surface area (TPSA) is 24.9 Å². The molecule has 0 spiro atoms. The molecule has 76 valence electrons. The Balaban J connectivity index is 2.20. The van der Waals surface area contributed by atoms with Gasteiger partial charge in [0, 0.05) is 24.5 Å². The Morgan fingerprint density at radius 3 is 2.79 bits per heavy atom. The van der Waals surface area contributed by atoms with Crippen LogP contribution in [0.5, 0.6) is 0 Å². The standard InChI is InChI=1S/C12H18N2/c1-4-12(3)8-14-11(12)10-6-5-9(2)13-7-10/h5-7,11,14H,4,8H2,1-3H3. The number of hydrogen-bond donors (Lipinski definition) is 1. The summed E-state index contributed by atoms with van der Waals surface area (Å²) >= 11 is 0. The number of pyridine rings is 1. The van der Waals surface area contributed by atoms with Crippen LogP contribution in [0.3, 0.4) is 0 Å². The molecular formula is C12H18N2. The van der Waals surface area contributed by atoms with E-state index in [4.69, 9.17) is 0 Å². The van der Waals surface area contributed by atoms with E-state index < -0.39 is 0 Å². The fourth-order valence-electron chi connectivity index (χ4n) is 2.05. The maximum Gasteiger partial charge on any atom is 0.0402 e. The molecule has 2 unspecified atom stereocenters. The van der Waals surface area contributed by atoms with Gasteiger partial charge in [0.05, 0.1) is 0 Å². The van der Waals surface area contributed by atoms with Gasteiger partial charge in [0.25, 0.3) is 0 Å². The summed E-state index contributed by atoms with van der Waals surface area (Å²) in [5.41, 5.74) is 2.84. The van der Waals surface area contributed by atoms with E-state index in [2.05, 4.69) is 36.3 Å². The Morgan fingerprint density at radius 1 is 1.57 bits per heavy atom. The molecule has 1 aromatic heterocycles. The molecule has 1 aliphatic rings. The van der Waals surface area contributed by atoms with Crippen molar-refractivity contribution < 1.29 is 0 Å². The zero-order valence-corrected chi connectivity index (χ0v) is 9.17. The van der Waals surface area contributed by atoms with Crippen molar-refractivity contribution >= 4 is 0 Å². The summed E-state index contributed by atoms with van der Waals surface area (Å²) in [6, 6.07) is 4.78. The zero-order chi connectivity index (χ0) is 10.2. The highest BCUT2D eigenvalue weighted by Gasteiger charge is 2.41. The van der Waals surface area contributed by atoms with Crippen LogP contribution in [0.4, 0.5) is 0 Å². The van der Waals surface area contributed by atoms with Crippen molar-refractivity contribution in [2.24, 2.45) is 5.41 Å². The minimum absolute atomic E-state index is 0.428. The molecule has 2 heteroatoms. The van der Waals surface area contributed by atoms with Crippen LogP contribution in [0.1, 0.15) is 37.6 Å². The summed E-state index contributed by atoms with van der Waals surface area (Å²) in [6.07, 6.45) is 3.22. The Bertz CT molecular complexity index is 314. The SMILES string of the molecule is CCC1(C)CNC1c1ccc(C)nc1. The molecule has 0 bridgehead atoms. The Kier molecular flexibility index (Phi) is 2.31. The molecule has 0 aliphatic carbocycles. The maximum atomic E-state index is 4.34. The number of aryl methyl sites for hydroxylation is 1. The fraction of sp³-hybridized carbons (Fsp3) is 0.583. The van der Waals surface area contributed by atoms with Crippen LogP contribution in [0.2, 0.25) is 0 Å². The van der Waals surface area contributed by atoms with Gasteiger partial charge in [-0.2, -0.15) is 0 Å². The summed E-state index contributed by atoms with van der Waals surface area (Å²) in [5, 5.41) is 3.48. The average Bonchev–Trinajstić information content (AvgIpc) is 2.18. The van der Waals surface area contributed by atoms with E-state index in [0.717, 1.165) is 12.2 Å². The summed E-state index contributed by atoms with van der Waals surface area (Å²) in [6.45, 7) is 7.75. The predicted molar refractivity (Wildman–Crippen MR) is 58.1 cm³/mol. The lowest BCUT2D eigenvalue weighted by atomic mass is 9.71. The third-order valence-electron chi connectivity index (χ3n) is 3.48. The Morgan fingerprint density at radius 2 is 2.36 bits per heavy atom. The molecule has 1 N–H and O–H groups in total. The monoisotopic (exact) mass is 190 g/mol. The van der Waals surface area contributed by atoms with Crippen LogP contribution in [0.15, 0.2) is 18.3 Å².